The quantitative estimate of drug-likeness (QED) is 0.632. The normalized spacial score (nSPS) is 23.0. The Morgan fingerprint density at radius 3 is 2.27 bits per heavy atom. The average molecular weight is 420 g/mol. The van der Waals surface area contributed by atoms with E-state index in [-0.39, 0.29) is 23.6 Å². The van der Waals surface area contributed by atoms with Gasteiger partial charge in [-0.1, -0.05) is 46.3 Å². The van der Waals surface area contributed by atoms with E-state index >= 15 is 0 Å². The van der Waals surface area contributed by atoms with Crippen molar-refractivity contribution in [2.45, 2.75) is 51.2 Å². The van der Waals surface area contributed by atoms with Crippen molar-refractivity contribution in [3.8, 4) is 0 Å². The van der Waals surface area contributed by atoms with E-state index in [1.54, 1.807) is 0 Å². The Bertz CT molecular complexity index is 649. The Labute approximate surface area is 163 Å². The molecule has 1 N–H and O–H groups in total. The van der Waals surface area contributed by atoms with Crippen LogP contribution in [0.3, 0.4) is 0 Å². The van der Waals surface area contributed by atoms with Gasteiger partial charge in [0.1, 0.15) is 6.61 Å². The molecule has 3 fully saturated rings. The number of alkyl halides is 1. The van der Waals surface area contributed by atoms with E-state index in [0.29, 0.717) is 5.41 Å². The van der Waals surface area contributed by atoms with E-state index in [1.807, 2.05) is 30.3 Å². The van der Waals surface area contributed by atoms with Gasteiger partial charge in [-0.15, -0.1) is 0 Å². The molecule has 0 aliphatic heterocycles. The van der Waals surface area contributed by atoms with Gasteiger partial charge < -0.3 is 10.1 Å². The van der Waals surface area contributed by atoms with Crippen LogP contribution < -0.4 is 5.32 Å². The maximum absolute atomic E-state index is 12.4. The maximum Gasteiger partial charge on any atom is 0.408 e. The summed E-state index contributed by atoms with van der Waals surface area (Å²) in [4.78, 5) is 24.7. The van der Waals surface area contributed by atoms with Crippen molar-refractivity contribution in [2.24, 2.45) is 23.2 Å². The van der Waals surface area contributed by atoms with Gasteiger partial charge in [-0.2, -0.15) is 0 Å². The van der Waals surface area contributed by atoms with Gasteiger partial charge >= 0.3 is 6.09 Å². The predicted molar refractivity (Wildman–Crippen MR) is 103 cm³/mol. The number of halogens is 1. The van der Waals surface area contributed by atoms with Crippen molar-refractivity contribution in [3.63, 3.8) is 0 Å². The fraction of sp³-hybridized carbons (Fsp3) is 0.619. The van der Waals surface area contributed by atoms with Crippen molar-refractivity contribution in [1.29, 1.82) is 0 Å². The smallest absolute Gasteiger partial charge is 0.408 e. The minimum Gasteiger partial charge on any atom is -0.445 e. The fourth-order valence-corrected chi connectivity index (χ4v) is 5.25. The summed E-state index contributed by atoms with van der Waals surface area (Å²) in [6.45, 7) is 0.223. The van der Waals surface area contributed by atoms with Crippen LogP contribution in [-0.4, -0.2) is 23.2 Å². The average Bonchev–Trinajstić information content (AvgIpc) is 3.51. The van der Waals surface area contributed by atoms with Gasteiger partial charge in [0.15, 0.2) is 5.78 Å². The summed E-state index contributed by atoms with van der Waals surface area (Å²) in [5, 5.41) is 3.13. The molecule has 0 spiro atoms. The van der Waals surface area contributed by atoms with E-state index in [2.05, 4.69) is 21.2 Å². The Hall–Kier alpha value is -1.36. The van der Waals surface area contributed by atoms with Gasteiger partial charge in [-0.3, -0.25) is 4.79 Å². The lowest BCUT2D eigenvalue weighted by Gasteiger charge is -2.51. The van der Waals surface area contributed by atoms with E-state index in [9.17, 15) is 9.59 Å². The second-order valence-corrected chi connectivity index (χ2v) is 8.79. The molecule has 140 valence electrons. The zero-order chi connectivity index (χ0) is 18.1. The summed E-state index contributed by atoms with van der Waals surface area (Å²) in [6, 6.07) is 9.16. The highest BCUT2D eigenvalue weighted by atomic mass is 79.9. The van der Waals surface area contributed by atoms with Crippen molar-refractivity contribution in [3.05, 3.63) is 35.9 Å². The summed E-state index contributed by atoms with van der Waals surface area (Å²) >= 11 is 3.27. The molecule has 0 saturated heterocycles. The van der Waals surface area contributed by atoms with Crippen LogP contribution in [0.25, 0.3) is 0 Å². The lowest BCUT2D eigenvalue weighted by molar-refractivity contribution is -0.123. The fourth-order valence-electron chi connectivity index (χ4n) is 4.90. The molecule has 0 heterocycles. The predicted octanol–water partition coefficient (Wildman–Crippen LogP) is 4.46. The molecule has 1 atom stereocenters. The number of hydrogen-bond donors (Lipinski definition) is 1. The molecule has 4 nitrogen and oxygen atoms in total. The van der Waals surface area contributed by atoms with Crippen LogP contribution in [0.4, 0.5) is 4.79 Å². The molecule has 1 aromatic rings. The van der Waals surface area contributed by atoms with Crippen molar-refractivity contribution in [2.75, 3.05) is 5.33 Å². The number of rotatable bonds is 8. The van der Waals surface area contributed by atoms with Gasteiger partial charge in [-0.05, 0) is 67.3 Å². The van der Waals surface area contributed by atoms with Crippen LogP contribution in [-0.2, 0) is 16.1 Å². The number of nitrogens with one attached hydrogen (secondary N) is 1. The summed E-state index contributed by atoms with van der Waals surface area (Å²) in [5.74, 6) is 2.05. The number of Topliss-reactive ketones (excluding diaryl/α,β-unsaturated/α-hetero) is 1. The third kappa shape index (κ3) is 3.68. The van der Waals surface area contributed by atoms with Crippen LogP contribution in [0, 0.1) is 23.2 Å². The summed E-state index contributed by atoms with van der Waals surface area (Å²) in [6.07, 6.45) is 7.10. The first-order valence-electron chi connectivity index (χ1n) is 9.68. The molecular formula is C21H26BrNO3. The zero-order valence-corrected chi connectivity index (χ0v) is 16.5. The molecule has 0 unspecified atom stereocenters. The first-order chi connectivity index (χ1) is 12.6. The first kappa shape index (κ1) is 18.0. The molecule has 0 aromatic heterocycles. The maximum atomic E-state index is 12.4. The lowest BCUT2D eigenvalue weighted by atomic mass is 9.54. The monoisotopic (exact) mass is 419 g/mol. The van der Waals surface area contributed by atoms with Crippen LogP contribution >= 0.6 is 15.9 Å². The molecule has 1 aromatic carbocycles. The van der Waals surface area contributed by atoms with Gasteiger partial charge in [-0.25, -0.2) is 4.79 Å². The topological polar surface area (TPSA) is 55.4 Å². The van der Waals surface area contributed by atoms with Crippen LogP contribution in [0.15, 0.2) is 30.3 Å². The van der Waals surface area contributed by atoms with Gasteiger partial charge in [0.25, 0.3) is 0 Å². The van der Waals surface area contributed by atoms with E-state index < -0.39 is 12.1 Å². The first-order valence-corrected chi connectivity index (χ1v) is 10.8. The van der Waals surface area contributed by atoms with Gasteiger partial charge in [0.05, 0.1) is 11.4 Å². The number of hydrogen-bond acceptors (Lipinski definition) is 3. The Kier molecular flexibility index (Phi) is 5.09. The number of carbonyl (C=O) groups excluding carboxylic acids is 2. The van der Waals surface area contributed by atoms with E-state index in [4.69, 9.17) is 4.74 Å². The van der Waals surface area contributed by atoms with Crippen molar-refractivity contribution < 1.29 is 14.3 Å². The van der Waals surface area contributed by atoms with Crippen LogP contribution in [0.5, 0.6) is 0 Å². The van der Waals surface area contributed by atoms with Crippen molar-refractivity contribution in [1.82, 2.24) is 5.32 Å². The zero-order valence-electron chi connectivity index (χ0n) is 15.0. The van der Waals surface area contributed by atoms with E-state index in [0.717, 1.165) is 30.2 Å². The van der Waals surface area contributed by atoms with Crippen LogP contribution in [0.2, 0.25) is 0 Å². The molecule has 3 saturated carbocycles. The number of carbonyl (C=O) groups is 2. The minimum absolute atomic E-state index is 0.0480. The highest BCUT2D eigenvalue weighted by Gasteiger charge is 2.61. The Morgan fingerprint density at radius 2 is 1.73 bits per heavy atom. The largest absolute Gasteiger partial charge is 0.445 e. The minimum atomic E-state index is -0.497. The summed E-state index contributed by atoms with van der Waals surface area (Å²) < 4.78 is 5.33. The molecule has 3 aliphatic carbocycles. The molecule has 26 heavy (non-hydrogen) atoms. The molecule has 5 heteroatoms. The molecular weight excluding hydrogens is 394 g/mol. The number of alkyl carbamates (subject to hydrolysis) is 1. The molecule has 4 rings (SSSR count). The lowest BCUT2D eigenvalue weighted by Crippen LogP contribution is -2.55. The summed E-state index contributed by atoms with van der Waals surface area (Å²) in [5.41, 5.74) is 1.42. The SMILES string of the molecule is O=C(N[C@H](C(=O)CBr)C1CC(C2CC2)(C2CC2)C1)OCc1ccccc1. The highest BCUT2D eigenvalue weighted by molar-refractivity contribution is 9.09. The Morgan fingerprint density at radius 1 is 1.12 bits per heavy atom. The van der Waals surface area contributed by atoms with Crippen molar-refractivity contribution >= 4 is 27.8 Å². The molecule has 3 aliphatic rings. The third-order valence-electron chi connectivity index (χ3n) is 6.50. The third-order valence-corrected chi connectivity index (χ3v) is 7.05. The second kappa shape index (κ2) is 7.34. The number of ether oxygens (including phenoxy) is 1. The molecule has 0 bridgehead atoms. The highest BCUT2D eigenvalue weighted by Crippen LogP contribution is 2.69. The number of benzene rings is 1. The van der Waals surface area contributed by atoms with Gasteiger partial charge in [0.2, 0.25) is 0 Å². The number of ketones is 1. The van der Waals surface area contributed by atoms with E-state index in [1.165, 1.54) is 25.7 Å². The molecule has 0 radical (unpaired) electrons. The van der Waals surface area contributed by atoms with Crippen LogP contribution in [0.1, 0.15) is 44.1 Å². The van der Waals surface area contributed by atoms with Gasteiger partial charge in [0, 0.05) is 0 Å². The standard InChI is InChI=1S/C21H26BrNO3/c22-12-18(24)19(23-20(25)26-13-14-4-2-1-3-5-14)15-10-21(11-15,16-6-7-16)17-8-9-17/h1-5,15-17,19H,6-13H2,(H,23,25)/t19-/m0/s1. The number of amides is 1. The second-order valence-electron chi connectivity index (χ2n) is 8.23. The Balaban J connectivity index is 1.33. The summed E-state index contributed by atoms with van der Waals surface area (Å²) in [7, 11) is 0. The molecule has 1 amide bonds.